The van der Waals surface area contributed by atoms with Crippen molar-refractivity contribution in [1.29, 1.82) is 0 Å². The molecule has 4 heterocycles. The molecule has 3 aromatic rings. The highest BCUT2D eigenvalue weighted by molar-refractivity contribution is 5.88. The van der Waals surface area contributed by atoms with Crippen LogP contribution in [0.3, 0.4) is 0 Å². The van der Waals surface area contributed by atoms with Crippen molar-refractivity contribution in [2.24, 2.45) is 0 Å². The fourth-order valence-corrected chi connectivity index (χ4v) is 8.54. The van der Waals surface area contributed by atoms with E-state index < -0.39 is 123 Å². The van der Waals surface area contributed by atoms with Crippen molar-refractivity contribution in [1.82, 2.24) is 0 Å². The van der Waals surface area contributed by atoms with Crippen molar-refractivity contribution in [3.05, 3.63) is 106 Å². The fourth-order valence-electron chi connectivity index (χ4n) is 8.54. The number of aliphatic hydroxyl groups excluding tert-OH is 8. The van der Waals surface area contributed by atoms with Gasteiger partial charge < -0.3 is 113 Å². The van der Waals surface area contributed by atoms with Crippen LogP contribution in [0.5, 0.6) is 46.0 Å². The van der Waals surface area contributed by atoms with Crippen molar-refractivity contribution in [3.8, 4) is 68.6 Å². The Bertz CT molecular complexity index is 2990. The van der Waals surface area contributed by atoms with Gasteiger partial charge in [0.1, 0.15) is 78.8 Å². The van der Waals surface area contributed by atoms with E-state index in [0.29, 0.717) is 5.56 Å². The Morgan fingerprint density at radius 1 is 0.620 bits per heavy atom. The standard InChI is InChI=1S/C53H56O26/c1-68-33-14-23(4-11-29(33)57)5-12-39(59)71-22-38-44(64)46(66)50(79-52-49(41(61)30(58)21-72-52)78-40(60)13-6-24-15-34(69-2)42(62)35(16-24)70-3)53(77-38)75-36-19-28-31(73-48(36)25-7-9-26(55)10-8-25)17-27(56)18-32(28)74-51-47(67)45(65)43(63)37(20-54)76-51/h4-19,30,37-38,41,43-47,49-55,57-58,61-67H,20-22H2,1-3H3/t30-,37-,38-,41+,43-,44-,45+,46+,47-,49-,50-,51-,52+,53-/m1/s1. The highest BCUT2D eigenvalue weighted by atomic mass is 16.8. The Kier molecular flexibility index (Phi) is 18.3. The van der Waals surface area contributed by atoms with Crippen LogP contribution >= 0.6 is 0 Å². The van der Waals surface area contributed by atoms with Gasteiger partial charge in [-0.1, -0.05) is 6.07 Å². The molecule has 79 heavy (non-hydrogen) atoms. The van der Waals surface area contributed by atoms with Gasteiger partial charge in [0.25, 0.3) is 0 Å². The van der Waals surface area contributed by atoms with Crippen molar-refractivity contribution < 1.29 is 122 Å². The third kappa shape index (κ3) is 13.0. The van der Waals surface area contributed by atoms with Crippen LogP contribution in [-0.4, -0.2) is 195 Å². The molecule has 14 atom stereocenters. The summed E-state index contributed by atoms with van der Waals surface area (Å²) in [5.41, 5.74) is 0.0866. The smallest absolute Gasteiger partial charge is 0.331 e. The van der Waals surface area contributed by atoms with Gasteiger partial charge in [0.05, 0.1) is 40.1 Å². The zero-order chi connectivity index (χ0) is 56.8. The van der Waals surface area contributed by atoms with E-state index in [1.54, 1.807) is 0 Å². The number of aliphatic hydroxyl groups is 8. The maximum absolute atomic E-state index is 13.4. The van der Waals surface area contributed by atoms with Crippen LogP contribution < -0.4 is 29.1 Å². The second-order valence-corrected chi connectivity index (χ2v) is 18.0. The van der Waals surface area contributed by atoms with Gasteiger partial charge in [-0.05, 0) is 77.9 Å². The second-order valence-electron chi connectivity index (χ2n) is 18.0. The number of fused-ring (bicyclic) bond motifs is 1. The molecule has 3 saturated heterocycles. The monoisotopic (exact) mass is 1110 g/mol. The predicted octanol–water partition coefficient (Wildman–Crippen LogP) is -0.0965. The first kappa shape index (κ1) is 57.6. The maximum atomic E-state index is 13.4. The summed E-state index contributed by atoms with van der Waals surface area (Å²) in [5.74, 6) is -3.71. The lowest BCUT2D eigenvalue weighted by molar-refractivity contribution is -0.345. The molecule has 8 rings (SSSR count). The molecule has 0 aromatic heterocycles. The molecule has 424 valence electrons. The Hall–Kier alpha value is -7.57. The molecule has 0 unspecified atom stereocenters. The summed E-state index contributed by atoms with van der Waals surface area (Å²) in [6, 6.07) is 15.6. The summed E-state index contributed by atoms with van der Waals surface area (Å²) in [4.78, 5) is 39.7. The van der Waals surface area contributed by atoms with Crippen LogP contribution in [0.15, 0.2) is 94.2 Å². The van der Waals surface area contributed by atoms with E-state index >= 15 is 0 Å². The first-order valence-corrected chi connectivity index (χ1v) is 24.1. The topological polar surface area (TPSA) is 388 Å². The molecule has 1 aliphatic carbocycles. The largest absolute Gasteiger partial charge is 0.508 e. The summed E-state index contributed by atoms with van der Waals surface area (Å²) in [6.07, 6.45) is -21.3. The number of carbonyl (C=O) groups excluding carboxylic acids is 2. The first-order valence-electron chi connectivity index (χ1n) is 24.1. The molecule has 11 N–H and O–H groups in total. The number of hydrogen-bond donors (Lipinski definition) is 11. The summed E-state index contributed by atoms with van der Waals surface area (Å²) in [7, 11) is 3.92. The van der Waals surface area contributed by atoms with Crippen molar-refractivity contribution in [2.75, 3.05) is 41.2 Å². The SMILES string of the molecule is COc1cc(C=CC(=O)OC[C@H]2O[C@@H](Oc3cc4c(O[C@@H]5O[C@H](CO)[C@@H](O)[C@H](O)[C@H]5O)cc(=O)cc-4oc3-c3ccc(O)cc3)[C@H](O[C@@H]3OC[C@@H](O)[C@H](O)[C@H]3OC(=O)C=Cc3cc(OC)c(O)c(OC)c3)[C@@H](O)[C@@H]2O)ccc1O. The summed E-state index contributed by atoms with van der Waals surface area (Å²) < 4.78 is 68.7. The average molecular weight is 1110 g/mol. The first-order chi connectivity index (χ1) is 37.8. The number of carbonyl (C=O) groups is 2. The van der Waals surface area contributed by atoms with Gasteiger partial charge in [-0.2, -0.15) is 0 Å². The molecule has 0 bridgehead atoms. The number of methoxy groups -OCH3 is 3. The van der Waals surface area contributed by atoms with Crippen LogP contribution in [0.2, 0.25) is 0 Å². The van der Waals surface area contributed by atoms with Gasteiger partial charge in [0.2, 0.25) is 18.3 Å². The van der Waals surface area contributed by atoms with Crippen molar-refractivity contribution in [3.63, 3.8) is 0 Å². The van der Waals surface area contributed by atoms with E-state index in [4.69, 9.17) is 56.5 Å². The Morgan fingerprint density at radius 2 is 1.25 bits per heavy atom. The van der Waals surface area contributed by atoms with Crippen LogP contribution in [0, 0.1) is 0 Å². The Balaban J connectivity index is 1.15. The highest BCUT2D eigenvalue weighted by Gasteiger charge is 2.52. The number of hydrogen-bond acceptors (Lipinski definition) is 26. The van der Waals surface area contributed by atoms with Gasteiger partial charge in [0, 0.05) is 29.8 Å². The third-order valence-electron chi connectivity index (χ3n) is 12.8. The molecule has 5 aliphatic rings. The van der Waals surface area contributed by atoms with E-state index in [9.17, 15) is 70.6 Å². The number of aromatic hydroxyl groups is 3. The summed E-state index contributed by atoms with van der Waals surface area (Å²) >= 11 is 0. The van der Waals surface area contributed by atoms with E-state index in [1.165, 1.54) is 94.1 Å². The lowest BCUT2D eigenvalue weighted by atomic mass is 9.98. The van der Waals surface area contributed by atoms with Gasteiger partial charge in [0.15, 0.2) is 58.4 Å². The zero-order valence-electron chi connectivity index (χ0n) is 42.0. The maximum Gasteiger partial charge on any atom is 0.331 e. The van der Waals surface area contributed by atoms with Gasteiger partial charge in [-0.3, -0.25) is 4.79 Å². The van der Waals surface area contributed by atoms with E-state index in [1.807, 2.05) is 0 Å². The van der Waals surface area contributed by atoms with Crippen LogP contribution in [0.4, 0.5) is 0 Å². The van der Waals surface area contributed by atoms with Crippen LogP contribution in [0.25, 0.3) is 34.8 Å². The minimum absolute atomic E-state index is 0.00232. The fraction of sp³-hybridized carbons (Fsp3) is 0.377. The van der Waals surface area contributed by atoms with E-state index in [0.717, 1.165) is 24.3 Å². The number of ether oxygens (including phenoxy) is 11. The average Bonchev–Trinajstić information content (AvgIpc) is 3.45. The number of esters is 2. The molecule has 4 aliphatic heterocycles. The van der Waals surface area contributed by atoms with Crippen molar-refractivity contribution >= 4 is 24.1 Å². The minimum Gasteiger partial charge on any atom is -0.508 e. The quantitative estimate of drug-likeness (QED) is 0.0403. The molecule has 26 heteroatoms. The molecular formula is C53H56O26. The number of phenols is 3. The predicted molar refractivity (Wildman–Crippen MR) is 266 cm³/mol. The van der Waals surface area contributed by atoms with Gasteiger partial charge in [-0.25, -0.2) is 9.59 Å². The Morgan fingerprint density at radius 3 is 1.94 bits per heavy atom. The number of benzene rings is 4. The van der Waals surface area contributed by atoms with Crippen LogP contribution in [-0.2, 0) is 38.0 Å². The molecule has 0 saturated carbocycles. The lowest BCUT2D eigenvalue weighted by Gasteiger charge is -2.45. The number of rotatable bonds is 18. The minimum atomic E-state index is -2.10. The van der Waals surface area contributed by atoms with Crippen molar-refractivity contribution in [2.45, 2.75) is 86.0 Å². The highest BCUT2D eigenvalue weighted by Crippen LogP contribution is 2.44. The third-order valence-corrected chi connectivity index (χ3v) is 12.8. The Labute approximate surface area is 447 Å². The van der Waals surface area contributed by atoms with E-state index in [2.05, 4.69) is 0 Å². The normalized spacial score (nSPS) is 28.1. The molecular weight excluding hydrogens is 1050 g/mol. The summed E-state index contributed by atoms with van der Waals surface area (Å²) in [6.45, 7) is -2.21. The summed E-state index contributed by atoms with van der Waals surface area (Å²) in [5, 5.41) is 118. The van der Waals surface area contributed by atoms with Crippen LogP contribution in [0.1, 0.15) is 11.1 Å². The molecule has 0 spiro atoms. The molecule has 3 fully saturated rings. The second kappa shape index (κ2) is 25.0. The molecule has 0 amide bonds. The molecule has 3 aromatic carbocycles. The van der Waals surface area contributed by atoms with Gasteiger partial charge >= 0.3 is 11.9 Å². The number of phenolic OH excluding ortho intramolecular Hbond substituents is 3. The molecule has 0 radical (unpaired) electrons. The van der Waals surface area contributed by atoms with E-state index in [-0.39, 0.29) is 74.2 Å². The molecule has 26 nitrogen and oxygen atoms in total. The zero-order valence-corrected chi connectivity index (χ0v) is 42.0. The lowest BCUT2D eigenvalue weighted by Crippen LogP contribution is -2.64. The van der Waals surface area contributed by atoms with Gasteiger partial charge in [-0.15, -0.1) is 0 Å².